The van der Waals surface area contributed by atoms with Crippen molar-refractivity contribution in [3.8, 4) is 11.5 Å². The van der Waals surface area contributed by atoms with E-state index in [2.05, 4.69) is 26.6 Å². The number of nitrogens with one attached hydrogen (secondary N) is 2. The van der Waals surface area contributed by atoms with E-state index in [1.165, 1.54) is 0 Å². The number of para-hydroxylation sites is 1. The average molecular weight is 573 g/mol. The van der Waals surface area contributed by atoms with Gasteiger partial charge in [-0.15, -0.1) is 0 Å². The molecule has 3 aromatic rings. The molecule has 180 valence electrons. The Morgan fingerprint density at radius 2 is 1.91 bits per heavy atom. The molecule has 0 unspecified atom stereocenters. The summed E-state index contributed by atoms with van der Waals surface area (Å²) in [7, 11) is 0. The molecule has 2 bridgehead atoms. The van der Waals surface area contributed by atoms with Crippen LogP contribution >= 0.6 is 39.7 Å². The van der Waals surface area contributed by atoms with Crippen molar-refractivity contribution in [1.29, 1.82) is 0 Å². The number of carbonyl (C=O) groups is 1. The fourth-order valence-corrected chi connectivity index (χ4v) is 5.58. The van der Waals surface area contributed by atoms with Crippen LogP contribution in [-0.4, -0.2) is 23.4 Å². The highest BCUT2D eigenvalue weighted by molar-refractivity contribution is 9.10. The Kier molecular flexibility index (Phi) is 6.38. The lowest BCUT2D eigenvalue weighted by atomic mass is 9.78. The minimum Gasteiger partial charge on any atom is -0.490 e. The van der Waals surface area contributed by atoms with E-state index in [1.807, 2.05) is 61.2 Å². The third-order valence-corrected chi connectivity index (χ3v) is 7.35. The predicted octanol–water partition coefficient (Wildman–Crippen LogP) is 6.30. The van der Waals surface area contributed by atoms with E-state index in [0.717, 1.165) is 15.7 Å². The van der Waals surface area contributed by atoms with Gasteiger partial charge in [0.05, 0.1) is 12.6 Å². The van der Waals surface area contributed by atoms with Crippen LogP contribution in [0.25, 0.3) is 0 Å². The van der Waals surface area contributed by atoms with Crippen molar-refractivity contribution >= 4 is 62.1 Å². The number of hydrogen-bond donors (Lipinski definition) is 2. The average Bonchev–Trinajstić information content (AvgIpc) is 2.82. The van der Waals surface area contributed by atoms with Crippen molar-refractivity contribution in [1.82, 2.24) is 5.32 Å². The number of amides is 1. The fraction of sp³-hybridized carbons (Fsp3) is 0.231. The number of rotatable bonds is 5. The molecule has 2 aliphatic heterocycles. The molecule has 2 heterocycles. The number of benzene rings is 3. The van der Waals surface area contributed by atoms with Crippen LogP contribution in [-0.2, 0) is 4.79 Å². The van der Waals surface area contributed by atoms with Crippen LogP contribution in [0.1, 0.15) is 25.5 Å². The van der Waals surface area contributed by atoms with Crippen LogP contribution in [0.2, 0.25) is 5.02 Å². The number of ether oxygens (including phenoxy) is 2. The third kappa shape index (κ3) is 4.24. The highest BCUT2D eigenvalue weighted by atomic mass is 79.9. The largest absolute Gasteiger partial charge is 0.490 e. The monoisotopic (exact) mass is 571 g/mol. The highest BCUT2D eigenvalue weighted by Gasteiger charge is 2.59. The number of carbonyl (C=O) groups excluding carboxylic acids is 1. The maximum atomic E-state index is 13.9. The van der Waals surface area contributed by atoms with Crippen LogP contribution in [0.5, 0.6) is 11.5 Å². The summed E-state index contributed by atoms with van der Waals surface area (Å²) in [5.41, 5.74) is 1.13. The number of anilines is 2. The molecule has 0 saturated carbocycles. The van der Waals surface area contributed by atoms with Crippen LogP contribution in [0.4, 0.5) is 11.4 Å². The van der Waals surface area contributed by atoms with Crippen molar-refractivity contribution < 1.29 is 14.3 Å². The molecule has 0 radical (unpaired) electrons. The van der Waals surface area contributed by atoms with Crippen LogP contribution in [0.15, 0.2) is 71.2 Å². The van der Waals surface area contributed by atoms with Crippen molar-refractivity contribution in [2.24, 2.45) is 5.92 Å². The molecular formula is C26H23BrClN3O3S. The first kappa shape index (κ1) is 23.9. The van der Waals surface area contributed by atoms with E-state index in [4.69, 9.17) is 33.3 Å². The lowest BCUT2D eigenvalue weighted by Gasteiger charge is -2.56. The molecular weight excluding hydrogens is 550 g/mol. The molecule has 5 rings (SSSR count). The third-order valence-electron chi connectivity index (χ3n) is 6.27. The molecule has 9 heteroatoms. The Balaban J connectivity index is 1.63. The van der Waals surface area contributed by atoms with Gasteiger partial charge in [-0.25, -0.2) is 0 Å². The van der Waals surface area contributed by atoms with Crippen LogP contribution in [0.3, 0.4) is 0 Å². The van der Waals surface area contributed by atoms with Gasteiger partial charge in [-0.2, -0.15) is 0 Å². The summed E-state index contributed by atoms with van der Waals surface area (Å²) in [6.07, 6.45) is 0. The van der Waals surface area contributed by atoms with Gasteiger partial charge < -0.3 is 20.1 Å². The Morgan fingerprint density at radius 3 is 2.60 bits per heavy atom. The second-order valence-corrected chi connectivity index (χ2v) is 10.2. The Morgan fingerprint density at radius 1 is 1.20 bits per heavy atom. The molecule has 1 amide bonds. The SMILES string of the molecule is CCOc1cccc2c1O[C@@]1(C)[C@@H](C(=O)Nc3ccc(Cl)cc3)[C@H]2NC(=S)N1c1ccc(Br)cc1. The first-order valence-corrected chi connectivity index (χ1v) is 12.8. The van der Waals surface area contributed by atoms with Gasteiger partial charge in [-0.05, 0) is 80.7 Å². The van der Waals surface area contributed by atoms with Gasteiger partial charge in [0.15, 0.2) is 22.3 Å². The molecule has 35 heavy (non-hydrogen) atoms. The zero-order chi connectivity index (χ0) is 24.7. The minimum absolute atomic E-state index is 0.204. The Hall–Kier alpha value is -2.81. The van der Waals surface area contributed by atoms with Crippen LogP contribution < -0.4 is 25.0 Å². The molecule has 1 saturated heterocycles. The number of hydrogen-bond acceptors (Lipinski definition) is 4. The molecule has 0 aromatic heterocycles. The summed E-state index contributed by atoms with van der Waals surface area (Å²) in [5, 5.41) is 7.52. The quantitative estimate of drug-likeness (QED) is 0.350. The van der Waals surface area contributed by atoms with Gasteiger partial charge in [-0.1, -0.05) is 39.7 Å². The van der Waals surface area contributed by atoms with Crippen molar-refractivity contribution in [2.45, 2.75) is 25.6 Å². The standard InChI is InChI=1S/C26H23BrClN3O3S/c1-3-33-20-6-4-5-19-22-21(24(32)29-17-11-9-16(28)10-12-17)26(2,34-23(19)20)31(25(35)30-22)18-13-7-15(27)8-14-18/h4-14,21-22H,3H2,1-2H3,(H,29,32)(H,30,35)/t21-,22+,26+/m1/s1. The number of nitrogens with zero attached hydrogens (tertiary/aromatic N) is 1. The fourth-order valence-electron chi connectivity index (χ4n) is 4.77. The van der Waals surface area contributed by atoms with Gasteiger partial charge >= 0.3 is 0 Å². The smallest absolute Gasteiger partial charge is 0.236 e. The molecule has 2 aliphatic rings. The molecule has 2 N–H and O–H groups in total. The van der Waals surface area contributed by atoms with Crippen LogP contribution in [0, 0.1) is 5.92 Å². The summed E-state index contributed by atoms with van der Waals surface area (Å²) in [5.74, 6) is 0.375. The first-order chi connectivity index (χ1) is 16.8. The van der Waals surface area contributed by atoms with E-state index in [1.54, 1.807) is 24.3 Å². The molecule has 0 aliphatic carbocycles. The normalized spacial score (nSPS) is 22.5. The van der Waals surface area contributed by atoms with E-state index in [0.29, 0.717) is 33.9 Å². The van der Waals surface area contributed by atoms with Gasteiger partial charge in [0, 0.05) is 26.4 Å². The lowest BCUT2D eigenvalue weighted by molar-refractivity contribution is -0.130. The molecule has 1 fully saturated rings. The van der Waals surface area contributed by atoms with Gasteiger partial charge in [0.1, 0.15) is 5.92 Å². The molecule has 3 aromatic carbocycles. The maximum Gasteiger partial charge on any atom is 0.236 e. The Labute approximate surface area is 222 Å². The Bertz CT molecular complexity index is 1290. The second kappa shape index (κ2) is 9.33. The summed E-state index contributed by atoms with van der Waals surface area (Å²) in [4.78, 5) is 15.7. The summed E-state index contributed by atoms with van der Waals surface area (Å²) in [6.45, 7) is 4.31. The molecule has 0 spiro atoms. The maximum absolute atomic E-state index is 13.9. The predicted molar refractivity (Wildman–Crippen MR) is 145 cm³/mol. The van der Waals surface area contributed by atoms with Gasteiger partial charge in [0.25, 0.3) is 0 Å². The van der Waals surface area contributed by atoms with Crippen molar-refractivity contribution in [3.05, 3.63) is 81.8 Å². The zero-order valence-electron chi connectivity index (χ0n) is 19.0. The molecule has 6 nitrogen and oxygen atoms in total. The van der Waals surface area contributed by atoms with Crippen molar-refractivity contribution in [3.63, 3.8) is 0 Å². The van der Waals surface area contributed by atoms with E-state index >= 15 is 0 Å². The number of fused-ring (bicyclic) bond motifs is 4. The minimum atomic E-state index is -1.14. The van der Waals surface area contributed by atoms with Crippen molar-refractivity contribution in [2.75, 3.05) is 16.8 Å². The molecule has 3 atom stereocenters. The van der Waals surface area contributed by atoms with E-state index in [-0.39, 0.29) is 5.91 Å². The topological polar surface area (TPSA) is 62.8 Å². The highest BCUT2D eigenvalue weighted by Crippen LogP contribution is 2.52. The summed E-state index contributed by atoms with van der Waals surface area (Å²) < 4.78 is 13.5. The summed E-state index contributed by atoms with van der Waals surface area (Å²) in [6, 6.07) is 20.0. The van der Waals surface area contributed by atoms with E-state index < -0.39 is 17.7 Å². The summed E-state index contributed by atoms with van der Waals surface area (Å²) >= 11 is 15.3. The second-order valence-electron chi connectivity index (χ2n) is 8.48. The first-order valence-electron chi connectivity index (χ1n) is 11.2. The van der Waals surface area contributed by atoms with Gasteiger partial charge in [-0.3, -0.25) is 9.69 Å². The lowest BCUT2D eigenvalue weighted by Crippen LogP contribution is -2.72. The zero-order valence-corrected chi connectivity index (χ0v) is 22.2. The van der Waals surface area contributed by atoms with Gasteiger partial charge in [0.2, 0.25) is 5.91 Å². The number of thiocarbonyl (C=S) groups is 1. The number of halogens is 2. The van der Waals surface area contributed by atoms with E-state index in [9.17, 15) is 4.79 Å².